The van der Waals surface area contributed by atoms with Crippen molar-refractivity contribution in [3.63, 3.8) is 0 Å². The van der Waals surface area contributed by atoms with Gasteiger partial charge in [-0.15, -0.1) is 0 Å². The van der Waals surface area contributed by atoms with Crippen LogP contribution in [-0.4, -0.2) is 22.6 Å². The lowest BCUT2D eigenvalue weighted by Crippen LogP contribution is -2.26. The van der Waals surface area contributed by atoms with Gasteiger partial charge in [-0.2, -0.15) is 4.98 Å². The molecular weight excluding hydrogens is 290 g/mol. The lowest BCUT2D eigenvalue weighted by molar-refractivity contribution is -0.121. The smallest absolute Gasteiger partial charge is 0.228 e. The van der Waals surface area contributed by atoms with Crippen LogP contribution in [-0.2, 0) is 11.2 Å². The fourth-order valence-corrected chi connectivity index (χ4v) is 2.08. The number of hydrogen-bond acceptors (Lipinski definition) is 4. The molecule has 0 spiro atoms. The number of benzene rings is 1. The van der Waals surface area contributed by atoms with E-state index in [4.69, 9.17) is 16.1 Å². The molecule has 6 heteroatoms. The van der Waals surface area contributed by atoms with Gasteiger partial charge in [0.2, 0.25) is 17.6 Å². The number of nitrogens with one attached hydrogen (secondary N) is 1. The number of hydrogen-bond donors (Lipinski definition) is 1. The van der Waals surface area contributed by atoms with Gasteiger partial charge in [-0.3, -0.25) is 4.79 Å². The van der Waals surface area contributed by atoms with Crippen molar-refractivity contribution >= 4 is 17.5 Å². The molecule has 1 amide bonds. The number of rotatable bonds is 6. The van der Waals surface area contributed by atoms with E-state index in [-0.39, 0.29) is 5.91 Å². The highest BCUT2D eigenvalue weighted by molar-refractivity contribution is 6.33. The zero-order valence-corrected chi connectivity index (χ0v) is 12.9. The zero-order valence-electron chi connectivity index (χ0n) is 12.1. The van der Waals surface area contributed by atoms with Gasteiger partial charge in [0.25, 0.3) is 0 Å². The Morgan fingerprint density at radius 1 is 1.38 bits per heavy atom. The summed E-state index contributed by atoms with van der Waals surface area (Å²) in [6.45, 7) is 4.50. The van der Waals surface area contributed by atoms with Crippen LogP contribution in [0.3, 0.4) is 0 Å². The number of nitrogens with zero attached hydrogens (tertiary/aromatic N) is 2. The fourth-order valence-electron chi connectivity index (χ4n) is 1.86. The Bertz CT molecular complexity index is 610. The number of amides is 1. The summed E-state index contributed by atoms with van der Waals surface area (Å²) >= 11 is 6.08. The minimum absolute atomic E-state index is 0.0378. The molecule has 1 aromatic heterocycles. The van der Waals surface area contributed by atoms with Crippen LogP contribution in [0.1, 0.15) is 26.2 Å². The van der Waals surface area contributed by atoms with Gasteiger partial charge in [0.15, 0.2) is 0 Å². The topological polar surface area (TPSA) is 68.0 Å². The molecule has 0 bridgehead atoms. The number of halogens is 1. The van der Waals surface area contributed by atoms with Crippen LogP contribution in [0.2, 0.25) is 5.02 Å². The molecule has 0 saturated carbocycles. The third-order valence-electron chi connectivity index (χ3n) is 2.84. The monoisotopic (exact) mass is 307 g/mol. The van der Waals surface area contributed by atoms with Crippen LogP contribution in [0.15, 0.2) is 28.8 Å². The summed E-state index contributed by atoms with van der Waals surface area (Å²) in [5.74, 6) is 1.33. The number of carbonyl (C=O) groups excluding carboxylic acids is 1. The molecule has 0 unspecified atom stereocenters. The first-order valence-electron chi connectivity index (χ1n) is 6.90. The molecule has 5 nitrogen and oxygen atoms in total. The fraction of sp³-hybridized carbons (Fsp3) is 0.400. The molecule has 2 aromatic rings. The molecule has 0 radical (unpaired) electrons. The van der Waals surface area contributed by atoms with Gasteiger partial charge in [-0.25, -0.2) is 0 Å². The molecular formula is C15H18ClN3O2. The van der Waals surface area contributed by atoms with Gasteiger partial charge in [0, 0.05) is 24.9 Å². The maximum Gasteiger partial charge on any atom is 0.228 e. The van der Waals surface area contributed by atoms with Crippen molar-refractivity contribution in [3.8, 4) is 11.4 Å². The molecule has 1 N–H and O–H groups in total. The van der Waals surface area contributed by atoms with Crippen molar-refractivity contribution in [2.24, 2.45) is 5.92 Å². The first kappa shape index (κ1) is 15.5. The van der Waals surface area contributed by atoms with Crippen LogP contribution in [0.4, 0.5) is 0 Å². The van der Waals surface area contributed by atoms with E-state index in [1.807, 2.05) is 32.0 Å². The molecule has 0 aliphatic rings. The lowest BCUT2D eigenvalue weighted by Gasteiger charge is -2.05. The molecule has 0 saturated heterocycles. The van der Waals surface area contributed by atoms with Gasteiger partial charge in [0.05, 0.1) is 5.02 Å². The molecule has 0 fully saturated rings. The molecule has 0 aliphatic heterocycles. The second-order valence-electron chi connectivity index (χ2n) is 5.19. The molecule has 21 heavy (non-hydrogen) atoms. The maximum atomic E-state index is 11.5. The average molecular weight is 308 g/mol. The van der Waals surface area contributed by atoms with Crippen molar-refractivity contribution in [2.45, 2.75) is 26.7 Å². The van der Waals surface area contributed by atoms with Gasteiger partial charge in [-0.05, 0) is 18.1 Å². The second kappa shape index (κ2) is 7.22. The van der Waals surface area contributed by atoms with Crippen molar-refractivity contribution in [3.05, 3.63) is 35.2 Å². The summed E-state index contributed by atoms with van der Waals surface area (Å²) < 4.78 is 5.17. The summed E-state index contributed by atoms with van der Waals surface area (Å²) in [5, 5.41) is 7.32. The molecule has 1 aromatic carbocycles. The summed E-state index contributed by atoms with van der Waals surface area (Å²) in [6.07, 6.45) is 1.02. The average Bonchev–Trinajstić information content (AvgIpc) is 2.87. The summed E-state index contributed by atoms with van der Waals surface area (Å²) in [7, 11) is 0. The largest absolute Gasteiger partial charge is 0.356 e. The van der Waals surface area contributed by atoms with E-state index in [0.717, 1.165) is 5.56 Å². The van der Waals surface area contributed by atoms with Crippen LogP contribution in [0, 0.1) is 5.92 Å². The van der Waals surface area contributed by atoms with Crippen LogP contribution in [0.5, 0.6) is 0 Å². The maximum absolute atomic E-state index is 11.5. The minimum atomic E-state index is 0.0378. The van der Waals surface area contributed by atoms with Crippen LogP contribution >= 0.6 is 11.6 Å². The van der Waals surface area contributed by atoms with Crippen molar-refractivity contribution < 1.29 is 9.32 Å². The quantitative estimate of drug-likeness (QED) is 0.890. The summed E-state index contributed by atoms with van der Waals surface area (Å²) in [5.41, 5.74) is 0.734. The van der Waals surface area contributed by atoms with E-state index in [2.05, 4.69) is 15.5 Å². The Morgan fingerprint density at radius 3 is 2.86 bits per heavy atom. The number of carbonyl (C=O) groups is 1. The SMILES string of the molecule is CC(C)CC(=O)NCCc1nc(-c2ccccc2Cl)no1. The third-order valence-corrected chi connectivity index (χ3v) is 3.17. The Kier molecular flexibility index (Phi) is 5.33. The van der Waals surface area contributed by atoms with Crippen LogP contribution < -0.4 is 5.32 Å². The first-order valence-corrected chi connectivity index (χ1v) is 7.28. The van der Waals surface area contributed by atoms with E-state index >= 15 is 0 Å². The molecule has 0 aliphatic carbocycles. The first-order chi connectivity index (χ1) is 10.1. The van der Waals surface area contributed by atoms with E-state index in [1.54, 1.807) is 6.07 Å². The Labute approximate surface area is 128 Å². The predicted octanol–water partition coefficient (Wildman–Crippen LogP) is 3.09. The van der Waals surface area contributed by atoms with Crippen molar-refractivity contribution in [2.75, 3.05) is 6.54 Å². The summed E-state index contributed by atoms with van der Waals surface area (Å²) in [6, 6.07) is 7.32. The van der Waals surface area contributed by atoms with E-state index in [0.29, 0.717) is 42.0 Å². The van der Waals surface area contributed by atoms with E-state index in [9.17, 15) is 4.79 Å². The standard InChI is InChI=1S/C15H18ClN3O2/c1-10(2)9-13(20)17-8-7-14-18-15(19-21-14)11-5-3-4-6-12(11)16/h3-6,10H,7-9H2,1-2H3,(H,17,20). The third kappa shape index (κ3) is 4.56. The normalized spacial score (nSPS) is 10.9. The number of aromatic nitrogens is 2. The summed E-state index contributed by atoms with van der Waals surface area (Å²) in [4.78, 5) is 15.8. The molecule has 2 rings (SSSR count). The van der Waals surface area contributed by atoms with Crippen molar-refractivity contribution in [1.29, 1.82) is 0 Å². The van der Waals surface area contributed by atoms with Crippen molar-refractivity contribution in [1.82, 2.24) is 15.5 Å². The van der Waals surface area contributed by atoms with Crippen LogP contribution in [0.25, 0.3) is 11.4 Å². The Morgan fingerprint density at radius 2 is 2.14 bits per heavy atom. The Balaban J connectivity index is 1.89. The Hall–Kier alpha value is -1.88. The van der Waals surface area contributed by atoms with Gasteiger partial charge < -0.3 is 9.84 Å². The minimum Gasteiger partial charge on any atom is -0.356 e. The molecule has 1 heterocycles. The highest BCUT2D eigenvalue weighted by atomic mass is 35.5. The predicted molar refractivity (Wildman–Crippen MR) is 80.9 cm³/mol. The van der Waals surface area contributed by atoms with Gasteiger partial charge >= 0.3 is 0 Å². The van der Waals surface area contributed by atoms with Gasteiger partial charge in [0.1, 0.15) is 0 Å². The lowest BCUT2D eigenvalue weighted by atomic mass is 10.1. The molecule has 0 atom stereocenters. The highest BCUT2D eigenvalue weighted by Crippen LogP contribution is 2.24. The molecule has 112 valence electrons. The second-order valence-corrected chi connectivity index (χ2v) is 5.60. The zero-order chi connectivity index (χ0) is 15.2. The van der Waals surface area contributed by atoms with E-state index < -0.39 is 0 Å². The highest BCUT2D eigenvalue weighted by Gasteiger charge is 2.11. The van der Waals surface area contributed by atoms with Gasteiger partial charge in [-0.1, -0.05) is 42.7 Å². The van der Waals surface area contributed by atoms with E-state index in [1.165, 1.54) is 0 Å².